The average Bonchev–Trinajstić information content (AvgIpc) is 2.44. The van der Waals surface area contributed by atoms with E-state index in [1.165, 1.54) is 6.07 Å². The summed E-state index contributed by atoms with van der Waals surface area (Å²) in [5.74, 6) is 2.31. The van der Waals surface area contributed by atoms with Crippen LogP contribution in [0.5, 0.6) is 0 Å². The molecule has 0 bridgehead atoms. The van der Waals surface area contributed by atoms with Gasteiger partial charge in [-0.2, -0.15) is 0 Å². The SMILES string of the molecule is CCc1nc(NN)cc(Nc2cc(F)c(F)c(F)c2)n1. The standard InChI is InChI=1S/C12H12F3N5/c1-2-9-18-10(5-11(19-9)20-16)17-6-3-7(13)12(15)8(14)4-6/h3-5H,2,16H2,1H3,(H2,17,18,19,20). The fourth-order valence-electron chi connectivity index (χ4n) is 1.57. The highest BCUT2D eigenvalue weighted by molar-refractivity contribution is 5.59. The van der Waals surface area contributed by atoms with Crippen molar-refractivity contribution in [2.24, 2.45) is 5.84 Å². The Morgan fingerprint density at radius 3 is 2.20 bits per heavy atom. The molecule has 0 aliphatic carbocycles. The summed E-state index contributed by atoms with van der Waals surface area (Å²) in [5, 5.41) is 2.67. The number of aryl methyl sites for hydroxylation is 1. The average molecular weight is 283 g/mol. The summed E-state index contributed by atoms with van der Waals surface area (Å²) in [6, 6.07) is 3.13. The van der Waals surface area contributed by atoms with Crippen molar-refractivity contribution in [3.05, 3.63) is 41.5 Å². The second kappa shape index (κ2) is 5.74. The minimum atomic E-state index is -1.52. The number of nitrogen functional groups attached to an aromatic ring is 1. The largest absolute Gasteiger partial charge is 0.340 e. The molecule has 0 aliphatic rings. The molecule has 1 aromatic carbocycles. The minimum Gasteiger partial charge on any atom is -0.340 e. The topological polar surface area (TPSA) is 75.9 Å². The van der Waals surface area contributed by atoms with Gasteiger partial charge >= 0.3 is 0 Å². The van der Waals surface area contributed by atoms with Crippen molar-refractivity contribution in [1.82, 2.24) is 9.97 Å². The van der Waals surface area contributed by atoms with Crippen molar-refractivity contribution < 1.29 is 13.2 Å². The first-order chi connectivity index (χ1) is 9.53. The predicted molar refractivity (Wildman–Crippen MR) is 68.8 cm³/mol. The zero-order valence-corrected chi connectivity index (χ0v) is 10.5. The van der Waals surface area contributed by atoms with E-state index in [0.717, 1.165) is 12.1 Å². The molecule has 2 aromatic rings. The van der Waals surface area contributed by atoms with E-state index in [9.17, 15) is 13.2 Å². The van der Waals surface area contributed by atoms with Crippen LogP contribution in [0.15, 0.2) is 18.2 Å². The summed E-state index contributed by atoms with van der Waals surface area (Å²) >= 11 is 0. The van der Waals surface area contributed by atoms with Crippen LogP contribution in [0.3, 0.4) is 0 Å². The molecule has 0 radical (unpaired) electrons. The molecule has 2 rings (SSSR count). The van der Waals surface area contributed by atoms with Gasteiger partial charge in [-0.05, 0) is 0 Å². The Morgan fingerprint density at radius 1 is 1.05 bits per heavy atom. The van der Waals surface area contributed by atoms with Crippen molar-refractivity contribution in [2.45, 2.75) is 13.3 Å². The lowest BCUT2D eigenvalue weighted by atomic mass is 10.3. The Hall–Kier alpha value is -2.35. The quantitative estimate of drug-likeness (QED) is 0.456. The van der Waals surface area contributed by atoms with Gasteiger partial charge in [0.25, 0.3) is 0 Å². The molecular formula is C12H12F3N5. The zero-order chi connectivity index (χ0) is 14.7. The van der Waals surface area contributed by atoms with E-state index in [1.54, 1.807) is 0 Å². The summed E-state index contributed by atoms with van der Waals surface area (Å²) in [6.45, 7) is 1.84. The number of hydrogen-bond acceptors (Lipinski definition) is 5. The molecule has 106 valence electrons. The van der Waals surface area contributed by atoms with Crippen LogP contribution in [0.2, 0.25) is 0 Å². The van der Waals surface area contributed by atoms with Gasteiger partial charge in [0.05, 0.1) is 0 Å². The second-order valence-corrected chi connectivity index (χ2v) is 3.93. The van der Waals surface area contributed by atoms with Crippen molar-refractivity contribution in [3.63, 3.8) is 0 Å². The molecule has 0 aliphatic heterocycles. The third-order valence-electron chi connectivity index (χ3n) is 2.49. The summed E-state index contributed by atoms with van der Waals surface area (Å²) < 4.78 is 39.1. The number of nitrogens with two attached hydrogens (primary N) is 1. The van der Waals surface area contributed by atoms with E-state index in [4.69, 9.17) is 5.84 Å². The molecule has 8 heteroatoms. The Morgan fingerprint density at radius 2 is 1.65 bits per heavy atom. The maximum absolute atomic E-state index is 13.1. The molecule has 1 heterocycles. The minimum absolute atomic E-state index is 0.0325. The lowest BCUT2D eigenvalue weighted by Crippen LogP contribution is -2.11. The van der Waals surface area contributed by atoms with Gasteiger partial charge in [-0.1, -0.05) is 6.92 Å². The highest BCUT2D eigenvalue weighted by atomic mass is 19.2. The third kappa shape index (κ3) is 2.97. The monoisotopic (exact) mass is 283 g/mol. The molecule has 5 nitrogen and oxygen atoms in total. The molecule has 0 atom stereocenters. The number of benzene rings is 1. The molecule has 1 aromatic heterocycles. The molecule has 0 amide bonds. The van der Waals surface area contributed by atoms with Gasteiger partial charge < -0.3 is 10.7 Å². The number of hydrazine groups is 1. The van der Waals surface area contributed by atoms with Crippen molar-refractivity contribution in [2.75, 3.05) is 10.7 Å². The zero-order valence-electron chi connectivity index (χ0n) is 10.5. The van der Waals surface area contributed by atoms with Gasteiger partial charge in [-0.25, -0.2) is 29.0 Å². The van der Waals surface area contributed by atoms with Gasteiger partial charge in [0.1, 0.15) is 17.5 Å². The molecule has 0 fully saturated rings. The van der Waals surface area contributed by atoms with E-state index in [1.807, 2.05) is 6.92 Å². The first-order valence-electron chi connectivity index (χ1n) is 5.79. The van der Waals surface area contributed by atoms with Gasteiger partial charge in [0.2, 0.25) is 0 Å². The Kier molecular flexibility index (Phi) is 4.04. The number of anilines is 3. The van der Waals surface area contributed by atoms with Crippen LogP contribution in [-0.4, -0.2) is 9.97 Å². The van der Waals surface area contributed by atoms with E-state index >= 15 is 0 Å². The van der Waals surface area contributed by atoms with E-state index in [-0.39, 0.29) is 11.5 Å². The van der Waals surface area contributed by atoms with Crippen LogP contribution in [0.4, 0.5) is 30.5 Å². The van der Waals surface area contributed by atoms with Crippen LogP contribution >= 0.6 is 0 Å². The number of rotatable bonds is 4. The Labute approximate surface area is 113 Å². The first kappa shape index (κ1) is 14.1. The first-order valence-corrected chi connectivity index (χ1v) is 5.79. The molecule has 20 heavy (non-hydrogen) atoms. The Bertz CT molecular complexity index is 587. The van der Waals surface area contributed by atoms with E-state index in [0.29, 0.717) is 18.1 Å². The summed E-state index contributed by atoms with van der Waals surface area (Å²) in [7, 11) is 0. The predicted octanol–water partition coefficient (Wildman–Crippen LogP) is 2.49. The maximum atomic E-state index is 13.1. The fraction of sp³-hybridized carbons (Fsp3) is 0.167. The molecule has 0 spiro atoms. The molecule has 0 saturated heterocycles. The molecule has 0 saturated carbocycles. The highest BCUT2D eigenvalue weighted by Crippen LogP contribution is 2.21. The summed E-state index contributed by atoms with van der Waals surface area (Å²) in [5.41, 5.74) is 2.39. The van der Waals surface area contributed by atoms with Gasteiger partial charge in [-0.3, -0.25) is 0 Å². The van der Waals surface area contributed by atoms with Gasteiger partial charge in [0, 0.05) is 30.3 Å². The lowest BCUT2D eigenvalue weighted by molar-refractivity contribution is 0.448. The smallest absolute Gasteiger partial charge is 0.194 e. The second-order valence-electron chi connectivity index (χ2n) is 3.93. The van der Waals surface area contributed by atoms with E-state index < -0.39 is 17.5 Å². The number of nitrogens with one attached hydrogen (secondary N) is 2. The number of aromatic nitrogens is 2. The van der Waals surface area contributed by atoms with Crippen molar-refractivity contribution in [1.29, 1.82) is 0 Å². The lowest BCUT2D eigenvalue weighted by Gasteiger charge is -2.09. The molecule has 0 unspecified atom stereocenters. The fourth-order valence-corrected chi connectivity index (χ4v) is 1.57. The van der Waals surface area contributed by atoms with E-state index in [2.05, 4.69) is 20.7 Å². The van der Waals surface area contributed by atoms with Crippen LogP contribution in [-0.2, 0) is 6.42 Å². The maximum Gasteiger partial charge on any atom is 0.194 e. The molecule has 4 N–H and O–H groups in total. The Balaban J connectivity index is 2.34. The highest BCUT2D eigenvalue weighted by Gasteiger charge is 2.11. The summed E-state index contributed by atoms with van der Waals surface area (Å²) in [4.78, 5) is 8.19. The summed E-state index contributed by atoms with van der Waals surface area (Å²) in [6.07, 6.45) is 0.552. The normalized spacial score (nSPS) is 10.4. The number of nitrogens with zero attached hydrogens (tertiary/aromatic N) is 2. The van der Waals surface area contributed by atoms with Crippen LogP contribution in [0, 0.1) is 17.5 Å². The molecular weight excluding hydrogens is 271 g/mol. The van der Waals surface area contributed by atoms with Crippen molar-refractivity contribution in [3.8, 4) is 0 Å². The number of halogens is 3. The van der Waals surface area contributed by atoms with Crippen LogP contribution in [0.1, 0.15) is 12.7 Å². The third-order valence-corrected chi connectivity index (χ3v) is 2.49. The van der Waals surface area contributed by atoms with Gasteiger partial charge in [0.15, 0.2) is 17.5 Å². The van der Waals surface area contributed by atoms with Crippen molar-refractivity contribution >= 4 is 17.3 Å². The number of hydrogen-bond donors (Lipinski definition) is 3. The van der Waals surface area contributed by atoms with Gasteiger partial charge in [-0.15, -0.1) is 0 Å². The van der Waals surface area contributed by atoms with Crippen LogP contribution < -0.4 is 16.6 Å². The van der Waals surface area contributed by atoms with Crippen LogP contribution in [0.25, 0.3) is 0 Å².